The molecule has 2 saturated heterocycles. The molecule has 4 heterocycles. The third-order valence-corrected chi connectivity index (χ3v) is 5.66. The molecule has 0 bridgehead atoms. The van der Waals surface area contributed by atoms with Crippen LogP contribution in [0.4, 0.5) is 5.69 Å². The Labute approximate surface area is 170 Å². The lowest BCUT2D eigenvalue weighted by Crippen LogP contribution is -2.38. The van der Waals surface area contributed by atoms with Crippen LogP contribution in [-0.2, 0) is 4.74 Å². The average molecular weight is 397 g/mol. The molecule has 1 amide bonds. The van der Waals surface area contributed by atoms with Gasteiger partial charge in [0.2, 0.25) is 0 Å². The van der Waals surface area contributed by atoms with Gasteiger partial charge in [-0.3, -0.25) is 9.78 Å². The van der Waals surface area contributed by atoms with E-state index in [1.807, 2.05) is 19.2 Å². The molecule has 4 rings (SSSR count). The Hall–Kier alpha value is -2.67. The number of rotatable bonds is 3. The minimum absolute atomic E-state index is 0.139. The van der Waals surface area contributed by atoms with Gasteiger partial charge < -0.3 is 19.0 Å². The van der Waals surface area contributed by atoms with Crippen LogP contribution in [0, 0.1) is 13.8 Å². The summed E-state index contributed by atoms with van der Waals surface area (Å²) >= 11 is 0. The molecule has 7 nitrogen and oxygen atoms in total. The summed E-state index contributed by atoms with van der Waals surface area (Å²) in [5, 5.41) is 0. The second-order valence-corrected chi connectivity index (χ2v) is 7.78. The van der Waals surface area contributed by atoms with Crippen LogP contribution in [0.2, 0.25) is 0 Å². The van der Waals surface area contributed by atoms with Crippen molar-refractivity contribution in [2.24, 2.45) is 0 Å². The molecule has 2 aliphatic rings. The van der Waals surface area contributed by atoms with E-state index in [-0.39, 0.29) is 17.6 Å². The van der Waals surface area contributed by atoms with Crippen molar-refractivity contribution in [2.75, 3.05) is 37.7 Å². The van der Waals surface area contributed by atoms with Crippen molar-refractivity contribution >= 4 is 11.6 Å². The van der Waals surface area contributed by atoms with Crippen LogP contribution in [0.25, 0.3) is 0 Å². The van der Waals surface area contributed by atoms with Crippen LogP contribution in [0.5, 0.6) is 0 Å². The van der Waals surface area contributed by atoms with Crippen molar-refractivity contribution in [1.82, 2.24) is 9.88 Å². The van der Waals surface area contributed by atoms with Crippen molar-refractivity contribution in [3.8, 4) is 0 Å². The van der Waals surface area contributed by atoms with Gasteiger partial charge in [0.15, 0.2) is 0 Å². The number of hydrogen-bond acceptors (Lipinski definition) is 6. The highest BCUT2D eigenvalue weighted by Gasteiger charge is 2.27. The number of amides is 1. The zero-order valence-electron chi connectivity index (χ0n) is 17.0. The molecule has 154 valence electrons. The largest absolute Gasteiger partial charge is 0.424 e. The Kier molecular flexibility index (Phi) is 5.67. The molecule has 0 aliphatic carbocycles. The molecule has 1 unspecified atom stereocenters. The smallest absolute Gasteiger partial charge is 0.349 e. The molecule has 2 aromatic heterocycles. The van der Waals surface area contributed by atoms with E-state index in [1.165, 1.54) is 0 Å². The van der Waals surface area contributed by atoms with E-state index in [2.05, 4.69) is 16.0 Å². The Balaban J connectivity index is 1.50. The fourth-order valence-corrected chi connectivity index (χ4v) is 4.11. The zero-order valence-corrected chi connectivity index (χ0v) is 17.0. The van der Waals surface area contributed by atoms with Gasteiger partial charge in [-0.2, -0.15) is 0 Å². The molecule has 0 spiro atoms. The van der Waals surface area contributed by atoms with Gasteiger partial charge in [0.25, 0.3) is 5.91 Å². The van der Waals surface area contributed by atoms with Gasteiger partial charge in [-0.05, 0) is 56.9 Å². The number of aryl methyl sites for hydroxylation is 2. The monoisotopic (exact) mass is 397 g/mol. The minimum atomic E-state index is -0.564. The van der Waals surface area contributed by atoms with Gasteiger partial charge in [-0.1, -0.05) is 0 Å². The van der Waals surface area contributed by atoms with Crippen LogP contribution in [0.15, 0.2) is 33.6 Å². The Bertz CT molecular complexity index is 949. The van der Waals surface area contributed by atoms with E-state index >= 15 is 0 Å². The normalized spacial score (nSPS) is 20.0. The number of pyridine rings is 1. The number of aromatic nitrogens is 1. The predicted octanol–water partition coefficient (Wildman–Crippen LogP) is 2.86. The van der Waals surface area contributed by atoms with Crippen molar-refractivity contribution in [2.45, 2.75) is 39.2 Å². The van der Waals surface area contributed by atoms with E-state index in [4.69, 9.17) is 9.15 Å². The fourth-order valence-electron chi connectivity index (χ4n) is 4.11. The first kappa shape index (κ1) is 19.6. The molecule has 2 fully saturated rings. The lowest BCUT2D eigenvalue weighted by atomic mass is 10.1. The first-order chi connectivity index (χ1) is 14.0. The van der Waals surface area contributed by atoms with Gasteiger partial charge >= 0.3 is 5.63 Å². The molecule has 29 heavy (non-hydrogen) atoms. The van der Waals surface area contributed by atoms with Gasteiger partial charge in [0.05, 0.1) is 0 Å². The van der Waals surface area contributed by atoms with Gasteiger partial charge in [-0.25, -0.2) is 4.79 Å². The highest BCUT2D eigenvalue weighted by molar-refractivity contribution is 5.95. The number of anilines is 1. The Morgan fingerprint density at radius 2 is 2.00 bits per heavy atom. The van der Waals surface area contributed by atoms with E-state index in [9.17, 15) is 9.59 Å². The summed E-state index contributed by atoms with van der Waals surface area (Å²) in [7, 11) is 0. The molecule has 0 N–H and O–H groups in total. The average Bonchev–Trinajstić information content (AvgIpc) is 3.12. The van der Waals surface area contributed by atoms with Crippen LogP contribution >= 0.6 is 0 Å². The van der Waals surface area contributed by atoms with Crippen molar-refractivity contribution in [3.63, 3.8) is 0 Å². The Morgan fingerprint density at radius 3 is 2.72 bits per heavy atom. The van der Waals surface area contributed by atoms with E-state index in [1.54, 1.807) is 17.9 Å². The predicted molar refractivity (Wildman–Crippen MR) is 109 cm³/mol. The van der Waals surface area contributed by atoms with Crippen LogP contribution in [-0.4, -0.2) is 48.6 Å². The topological polar surface area (TPSA) is 75.9 Å². The maximum Gasteiger partial charge on any atom is 0.349 e. The molecular formula is C22H27N3O4. The van der Waals surface area contributed by atoms with Gasteiger partial charge in [0.1, 0.15) is 17.4 Å². The number of carbonyl (C=O) groups is 1. The van der Waals surface area contributed by atoms with E-state index in [0.29, 0.717) is 37.6 Å². The van der Waals surface area contributed by atoms with Crippen molar-refractivity contribution in [1.29, 1.82) is 0 Å². The van der Waals surface area contributed by atoms with Crippen molar-refractivity contribution < 1.29 is 13.9 Å². The molecule has 0 saturated carbocycles. The standard InChI is InChI=1S/C22H27N3O4/c1-15-13-19(18-5-3-12-28-18)29-22(27)20(15)21(26)25-9-4-8-24(10-11-25)17-6-7-23-16(2)14-17/h6-7,13-14,18H,3-5,8-12H2,1-2H3. The zero-order chi connectivity index (χ0) is 20.4. The summed E-state index contributed by atoms with van der Waals surface area (Å²) < 4.78 is 11.1. The second-order valence-electron chi connectivity index (χ2n) is 7.78. The number of hydrogen-bond donors (Lipinski definition) is 0. The van der Waals surface area contributed by atoms with Crippen molar-refractivity contribution in [3.05, 3.63) is 57.4 Å². The van der Waals surface area contributed by atoms with E-state index in [0.717, 1.165) is 37.2 Å². The maximum atomic E-state index is 13.1. The summed E-state index contributed by atoms with van der Waals surface area (Å²) in [6, 6.07) is 5.83. The third kappa shape index (κ3) is 4.19. The number of ether oxygens (including phenoxy) is 1. The molecular weight excluding hydrogens is 370 g/mol. The first-order valence-corrected chi connectivity index (χ1v) is 10.3. The van der Waals surface area contributed by atoms with Crippen LogP contribution in [0.3, 0.4) is 0 Å². The van der Waals surface area contributed by atoms with Crippen LogP contribution < -0.4 is 10.5 Å². The summed E-state index contributed by atoms with van der Waals surface area (Å²) in [5.74, 6) is 0.277. The molecule has 0 aromatic carbocycles. The molecule has 0 radical (unpaired) electrons. The summed E-state index contributed by atoms with van der Waals surface area (Å²) in [5.41, 5.74) is 2.32. The second kappa shape index (κ2) is 8.37. The van der Waals surface area contributed by atoms with Gasteiger partial charge in [0, 0.05) is 50.4 Å². The highest BCUT2D eigenvalue weighted by atomic mass is 16.5. The highest BCUT2D eigenvalue weighted by Crippen LogP contribution is 2.28. The third-order valence-electron chi connectivity index (χ3n) is 5.66. The SMILES string of the molecule is Cc1cc(N2CCCN(C(=O)c3c(C)cc(C4CCCO4)oc3=O)CC2)ccn1. The molecule has 7 heteroatoms. The summed E-state index contributed by atoms with van der Waals surface area (Å²) in [4.78, 5) is 34.0. The fraction of sp³-hybridized carbons (Fsp3) is 0.500. The summed E-state index contributed by atoms with van der Waals surface area (Å²) in [6.45, 7) is 7.20. The minimum Gasteiger partial charge on any atom is -0.424 e. The number of carbonyl (C=O) groups excluding carboxylic acids is 1. The van der Waals surface area contributed by atoms with Crippen LogP contribution in [0.1, 0.15) is 52.7 Å². The maximum absolute atomic E-state index is 13.1. The summed E-state index contributed by atoms with van der Waals surface area (Å²) in [6.07, 6.45) is 4.26. The van der Waals surface area contributed by atoms with E-state index < -0.39 is 5.63 Å². The number of nitrogens with zero attached hydrogens (tertiary/aromatic N) is 3. The van der Waals surface area contributed by atoms with Gasteiger partial charge in [-0.15, -0.1) is 0 Å². The molecule has 1 atom stereocenters. The Morgan fingerprint density at radius 1 is 1.14 bits per heavy atom. The lowest BCUT2D eigenvalue weighted by Gasteiger charge is -2.24. The lowest BCUT2D eigenvalue weighted by molar-refractivity contribution is 0.0751. The quantitative estimate of drug-likeness (QED) is 0.793. The molecule has 2 aliphatic heterocycles. The molecule has 2 aromatic rings. The first-order valence-electron chi connectivity index (χ1n) is 10.3.